The first-order valence-corrected chi connectivity index (χ1v) is 6.59. The number of rotatable bonds is 3. The lowest BCUT2D eigenvalue weighted by atomic mass is 9.93. The molecule has 0 N–H and O–H groups in total. The molecule has 1 heterocycles. The molecule has 0 unspecified atom stereocenters. The Morgan fingerprint density at radius 3 is 2.25 bits per heavy atom. The summed E-state index contributed by atoms with van der Waals surface area (Å²) in [6.45, 7) is 13.2. The summed E-state index contributed by atoms with van der Waals surface area (Å²) in [5.74, 6) is 1.37. The molecule has 0 aromatic heterocycles. The van der Waals surface area contributed by atoms with Gasteiger partial charge in [0.15, 0.2) is 5.78 Å². The van der Waals surface area contributed by atoms with E-state index in [0.717, 1.165) is 12.3 Å². The van der Waals surface area contributed by atoms with Gasteiger partial charge < -0.3 is 0 Å². The van der Waals surface area contributed by atoms with Crippen molar-refractivity contribution in [3.8, 4) is 0 Å². The smallest absolute Gasteiger partial charge is 0.152 e. The Balaban J connectivity index is 2.16. The average molecular weight is 223 g/mol. The van der Waals surface area contributed by atoms with E-state index in [1.165, 1.54) is 0 Å². The third-order valence-corrected chi connectivity index (χ3v) is 4.64. The largest absolute Gasteiger partial charge is 0.298 e. The van der Waals surface area contributed by atoms with Gasteiger partial charge in [0.1, 0.15) is 0 Å². The van der Waals surface area contributed by atoms with Crippen molar-refractivity contribution in [3.63, 3.8) is 0 Å². The summed E-state index contributed by atoms with van der Waals surface area (Å²) >= 11 is 0. The molecular formula is C14H25NO. The molecule has 16 heavy (non-hydrogen) atoms. The number of fused-ring (bicyclic) bond motifs is 1. The topological polar surface area (TPSA) is 20.3 Å². The minimum Gasteiger partial charge on any atom is -0.298 e. The number of nitrogens with zero attached hydrogens (tertiary/aromatic N) is 1. The molecule has 2 rings (SSSR count). The summed E-state index contributed by atoms with van der Waals surface area (Å²) in [4.78, 5) is 14.7. The maximum Gasteiger partial charge on any atom is 0.152 e. The molecule has 1 aliphatic heterocycles. The predicted molar refractivity (Wildman–Crippen MR) is 66.3 cm³/mol. The van der Waals surface area contributed by atoms with Gasteiger partial charge in [-0.2, -0.15) is 0 Å². The van der Waals surface area contributed by atoms with Gasteiger partial charge in [-0.1, -0.05) is 27.7 Å². The third kappa shape index (κ3) is 1.54. The van der Waals surface area contributed by atoms with Gasteiger partial charge in [0.2, 0.25) is 0 Å². The van der Waals surface area contributed by atoms with E-state index >= 15 is 0 Å². The van der Waals surface area contributed by atoms with E-state index in [9.17, 15) is 4.79 Å². The lowest BCUT2D eigenvalue weighted by molar-refractivity contribution is -0.128. The molecule has 2 aliphatic rings. The van der Waals surface area contributed by atoms with Gasteiger partial charge in [-0.25, -0.2) is 0 Å². The first-order chi connectivity index (χ1) is 7.28. The van der Waals surface area contributed by atoms with E-state index in [1.807, 2.05) is 13.8 Å². The van der Waals surface area contributed by atoms with Crippen molar-refractivity contribution in [3.05, 3.63) is 0 Å². The van der Waals surface area contributed by atoms with E-state index in [0.29, 0.717) is 23.3 Å². The van der Waals surface area contributed by atoms with Crippen LogP contribution in [0.15, 0.2) is 0 Å². The van der Waals surface area contributed by atoms with Crippen LogP contribution in [0.1, 0.15) is 48.0 Å². The minimum atomic E-state index is 0.173. The van der Waals surface area contributed by atoms with Gasteiger partial charge in [-0.15, -0.1) is 0 Å². The van der Waals surface area contributed by atoms with E-state index in [4.69, 9.17) is 0 Å². The number of carbonyl (C=O) groups excluding carboxylic acids is 1. The quantitative estimate of drug-likeness (QED) is 0.733. The fourth-order valence-electron chi connectivity index (χ4n) is 3.62. The van der Waals surface area contributed by atoms with Gasteiger partial charge in [0.05, 0.1) is 6.04 Å². The summed E-state index contributed by atoms with van der Waals surface area (Å²) in [6, 6.07) is 1.34. The minimum absolute atomic E-state index is 0.173. The summed E-state index contributed by atoms with van der Waals surface area (Å²) < 4.78 is 0. The number of piperidine rings is 1. The first kappa shape index (κ1) is 12.1. The highest BCUT2D eigenvalue weighted by Crippen LogP contribution is 2.63. The number of Topliss-reactive ketones (excluding diaryl/α,β-unsaturated/α-hetero) is 1. The zero-order chi connectivity index (χ0) is 12.2. The van der Waals surface area contributed by atoms with Crippen LogP contribution in [0.2, 0.25) is 0 Å². The molecule has 0 aromatic carbocycles. The molecule has 3 atom stereocenters. The van der Waals surface area contributed by atoms with Crippen molar-refractivity contribution in [2.45, 2.75) is 66.1 Å². The van der Waals surface area contributed by atoms with E-state index < -0.39 is 0 Å². The Hall–Kier alpha value is -0.370. The summed E-state index contributed by atoms with van der Waals surface area (Å²) in [5, 5.41) is 0. The lowest BCUT2D eigenvalue weighted by Crippen LogP contribution is -2.46. The highest BCUT2D eigenvalue weighted by Gasteiger charge is 2.67. The summed E-state index contributed by atoms with van der Waals surface area (Å²) in [6.07, 6.45) is 1.09. The van der Waals surface area contributed by atoms with Crippen molar-refractivity contribution in [1.29, 1.82) is 0 Å². The van der Waals surface area contributed by atoms with Crippen LogP contribution in [-0.4, -0.2) is 28.8 Å². The zero-order valence-corrected chi connectivity index (χ0v) is 11.4. The number of carbonyl (C=O) groups is 1. The van der Waals surface area contributed by atoms with Crippen LogP contribution in [-0.2, 0) is 4.79 Å². The number of ketones is 1. The molecule has 2 heteroatoms. The Kier molecular flexibility index (Phi) is 2.69. The molecule has 0 radical (unpaired) electrons. The van der Waals surface area contributed by atoms with Crippen LogP contribution >= 0.6 is 0 Å². The summed E-state index contributed by atoms with van der Waals surface area (Å²) in [7, 11) is 0. The average Bonchev–Trinajstić information content (AvgIpc) is 2.61. The molecule has 92 valence electrons. The molecule has 2 fully saturated rings. The second-order valence-corrected chi connectivity index (χ2v) is 6.72. The Morgan fingerprint density at radius 2 is 1.81 bits per heavy atom. The molecule has 1 saturated heterocycles. The van der Waals surface area contributed by atoms with Crippen LogP contribution in [0.4, 0.5) is 0 Å². The molecule has 0 bridgehead atoms. The molecule has 0 aromatic rings. The maximum absolute atomic E-state index is 12.2. The van der Waals surface area contributed by atoms with Gasteiger partial charge in [-0.3, -0.25) is 9.69 Å². The second-order valence-electron chi connectivity index (χ2n) is 6.72. The Morgan fingerprint density at radius 1 is 1.25 bits per heavy atom. The number of hydrogen-bond donors (Lipinski definition) is 0. The fourth-order valence-corrected chi connectivity index (χ4v) is 3.62. The van der Waals surface area contributed by atoms with Crippen LogP contribution < -0.4 is 0 Å². The zero-order valence-electron chi connectivity index (χ0n) is 11.4. The van der Waals surface area contributed by atoms with Gasteiger partial charge in [0.25, 0.3) is 0 Å². The van der Waals surface area contributed by atoms with Crippen molar-refractivity contribution >= 4 is 5.78 Å². The standard InChI is InChI=1S/C14H25NO/c1-8(2)12(16)11-7-10-13(14(10,5)6)15(11)9(3)4/h8-11,13H,7H2,1-6H3/t10-,11-,13+/m0/s1. The Bertz CT molecular complexity index is 306. The van der Waals surface area contributed by atoms with E-state index in [2.05, 4.69) is 32.6 Å². The first-order valence-electron chi connectivity index (χ1n) is 6.59. The number of likely N-dealkylation sites (tertiary alicyclic amines) is 1. The molecule has 1 aliphatic carbocycles. The SMILES string of the molecule is CC(C)C(=O)[C@@H]1C[C@H]2[C@@H](N1C(C)C)C2(C)C. The van der Waals surface area contributed by atoms with Crippen molar-refractivity contribution in [1.82, 2.24) is 4.90 Å². The van der Waals surface area contributed by atoms with Gasteiger partial charge in [0, 0.05) is 18.0 Å². The predicted octanol–water partition coefficient (Wildman–Crippen LogP) is 2.72. The molecular weight excluding hydrogens is 198 g/mol. The molecule has 0 spiro atoms. The van der Waals surface area contributed by atoms with E-state index in [-0.39, 0.29) is 12.0 Å². The van der Waals surface area contributed by atoms with Gasteiger partial charge >= 0.3 is 0 Å². The summed E-state index contributed by atoms with van der Waals surface area (Å²) in [5.41, 5.74) is 0.442. The monoisotopic (exact) mass is 223 g/mol. The fraction of sp³-hybridized carbons (Fsp3) is 0.929. The third-order valence-electron chi connectivity index (χ3n) is 4.64. The Labute approximate surface area is 99.4 Å². The van der Waals surface area contributed by atoms with Gasteiger partial charge in [-0.05, 0) is 31.6 Å². The second kappa shape index (κ2) is 3.56. The van der Waals surface area contributed by atoms with Crippen LogP contribution in [0.25, 0.3) is 0 Å². The van der Waals surface area contributed by atoms with Crippen LogP contribution in [0, 0.1) is 17.3 Å². The van der Waals surface area contributed by atoms with Crippen LogP contribution in [0.5, 0.6) is 0 Å². The number of hydrogen-bond acceptors (Lipinski definition) is 2. The van der Waals surface area contributed by atoms with Crippen LogP contribution in [0.3, 0.4) is 0 Å². The highest BCUT2D eigenvalue weighted by atomic mass is 16.1. The lowest BCUT2D eigenvalue weighted by Gasteiger charge is -2.34. The normalized spacial score (nSPS) is 36.9. The van der Waals surface area contributed by atoms with Crippen molar-refractivity contribution < 1.29 is 4.79 Å². The molecule has 0 amide bonds. The molecule has 2 nitrogen and oxygen atoms in total. The maximum atomic E-state index is 12.2. The highest BCUT2D eigenvalue weighted by molar-refractivity contribution is 5.86. The molecule has 1 saturated carbocycles. The van der Waals surface area contributed by atoms with Crippen molar-refractivity contribution in [2.24, 2.45) is 17.3 Å². The van der Waals surface area contributed by atoms with E-state index in [1.54, 1.807) is 0 Å². The van der Waals surface area contributed by atoms with Crippen molar-refractivity contribution in [2.75, 3.05) is 0 Å².